The first kappa shape index (κ1) is 14.0. The lowest BCUT2D eigenvalue weighted by atomic mass is 9.88. The largest absolute Gasteiger partial charge is 0.481 e. The molecule has 1 rings (SSSR count). The number of carbonyl (C=O) groups is 2. The predicted molar refractivity (Wildman–Crippen MR) is 62.6 cm³/mol. The molecule has 1 aliphatic heterocycles. The number of amides is 1. The average molecular weight is 243 g/mol. The van der Waals surface area contributed by atoms with E-state index in [9.17, 15) is 9.59 Å². The summed E-state index contributed by atoms with van der Waals surface area (Å²) >= 11 is 0. The number of rotatable bonds is 6. The van der Waals surface area contributed by atoms with Gasteiger partial charge in [-0.2, -0.15) is 0 Å². The number of carboxylic acids is 1. The molecule has 1 unspecified atom stereocenters. The zero-order valence-corrected chi connectivity index (χ0v) is 10.5. The van der Waals surface area contributed by atoms with Crippen LogP contribution in [0.15, 0.2) is 0 Å². The molecule has 17 heavy (non-hydrogen) atoms. The van der Waals surface area contributed by atoms with E-state index in [4.69, 9.17) is 9.84 Å². The summed E-state index contributed by atoms with van der Waals surface area (Å²) in [6.45, 7) is 4.56. The van der Waals surface area contributed by atoms with Crippen LogP contribution in [0.1, 0.15) is 39.5 Å². The Morgan fingerprint density at radius 1 is 1.47 bits per heavy atom. The van der Waals surface area contributed by atoms with Crippen LogP contribution in [0.4, 0.5) is 0 Å². The highest BCUT2D eigenvalue weighted by Crippen LogP contribution is 2.22. The van der Waals surface area contributed by atoms with Crippen LogP contribution in [-0.2, 0) is 14.3 Å². The lowest BCUT2D eigenvalue weighted by Crippen LogP contribution is -2.33. The van der Waals surface area contributed by atoms with E-state index < -0.39 is 11.4 Å². The normalized spacial score (nSPS) is 20.2. The molecule has 5 heteroatoms. The highest BCUT2D eigenvalue weighted by atomic mass is 16.5. The SMILES string of the molecule is CC(C)(CCC(=O)NCC1CCCO1)C(=O)O. The van der Waals surface area contributed by atoms with Gasteiger partial charge in [0.15, 0.2) is 0 Å². The Morgan fingerprint density at radius 3 is 2.71 bits per heavy atom. The molecule has 0 radical (unpaired) electrons. The van der Waals surface area contributed by atoms with Gasteiger partial charge in [-0.1, -0.05) is 0 Å². The molecule has 1 heterocycles. The summed E-state index contributed by atoms with van der Waals surface area (Å²) in [4.78, 5) is 22.4. The summed E-state index contributed by atoms with van der Waals surface area (Å²) in [5.41, 5.74) is -0.846. The zero-order chi connectivity index (χ0) is 12.9. The Kier molecular flexibility index (Phi) is 4.93. The van der Waals surface area contributed by atoms with Crippen LogP contribution in [0.5, 0.6) is 0 Å². The van der Waals surface area contributed by atoms with Gasteiger partial charge in [-0.15, -0.1) is 0 Å². The molecule has 0 aromatic rings. The van der Waals surface area contributed by atoms with Gasteiger partial charge in [-0.05, 0) is 33.1 Å². The molecule has 1 saturated heterocycles. The highest BCUT2D eigenvalue weighted by Gasteiger charge is 2.27. The Balaban J connectivity index is 2.18. The fraction of sp³-hybridized carbons (Fsp3) is 0.833. The fourth-order valence-electron chi connectivity index (χ4n) is 1.65. The molecule has 98 valence electrons. The molecule has 1 aliphatic rings. The predicted octanol–water partition coefficient (Wildman–Crippen LogP) is 1.17. The molecule has 1 amide bonds. The van der Waals surface area contributed by atoms with E-state index in [-0.39, 0.29) is 18.4 Å². The van der Waals surface area contributed by atoms with Gasteiger partial charge >= 0.3 is 5.97 Å². The maximum absolute atomic E-state index is 11.5. The second-order valence-corrected chi connectivity index (χ2v) is 5.13. The lowest BCUT2D eigenvalue weighted by Gasteiger charge is -2.18. The van der Waals surface area contributed by atoms with Crippen molar-refractivity contribution in [3.63, 3.8) is 0 Å². The number of hydrogen-bond acceptors (Lipinski definition) is 3. The Hall–Kier alpha value is -1.10. The fourth-order valence-corrected chi connectivity index (χ4v) is 1.65. The van der Waals surface area contributed by atoms with E-state index in [2.05, 4.69) is 5.32 Å². The van der Waals surface area contributed by atoms with Crippen molar-refractivity contribution >= 4 is 11.9 Å². The van der Waals surface area contributed by atoms with Crippen LogP contribution in [0.3, 0.4) is 0 Å². The summed E-state index contributed by atoms with van der Waals surface area (Å²) in [5, 5.41) is 11.7. The number of carbonyl (C=O) groups excluding carboxylic acids is 1. The average Bonchev–Trinajstić information content (AvgIpc) is 2.76. The van der Waals surface area contributed by atoms with E-state index in [0.29, 0.717) is 13.0 Å². The van der Waals surface area contributed by atoms with Crippen LogP contribution in [-0.4, -0.2) is 36.2 Å². The van der Waals surface area contributed by atoms with Gasteiger partial charge in [-0.25, -0.2) is 0 Å². The first-order valence-electron chi connectivity index (χ1n) is 6.03. The van der Waals surface area contributed by atoms with Gasteiger partial charge < -0.3 is 15.2 Å². The molecule has 1 fully saturated rings. The van der Waals surface area contributed by atoms with Crippen molar-refractivity contribution in [2.75, 3.05) is 13.2 Å². The van der Waals surface area contributed by atoms with Crippen molar-refractivity contribution in [1.29, 1.82) is 0 Å². The third-order valence-electron chi connectivity index (χ3n) is 3.11. The second-order valence-electron chi connectivity index (χ2n) is 5.13. The second kappa shape index (κ2) is 6.00. The molecule has 0 aromatic heterocycles. The van der Waals surface area contributed by atoms with Crippen molar-refractivity contribution in [1.82, 2.24) is 5.32 Å². The molecule has 1 atom stereocenters. The molecule has 2 N–H and O–H groups in total. The van der Waals surface area contributed by atoms with Gasteiger partial charge in [0.05, 0.1) is 11.5 Å². The summed E-state index contributed by atoms with van der Waals surface area (Å²) in [5.74, 6) is -0.973. The maximum Gasteiger partial charge on any atom is 0.309 e. The summed E-state index contributed by atoms with van der Waals surface area (Å²) < 4.78 is 5.38. The third-order valence-corrected chi connectivity index (χ3v) is 3.11. The van der Waals surface area contributed by atoms with E-state index in [1.165, 1.54) is 0 Å². The van der Waals surface area contributed by atoms with Gasteiger partial charge in [0.2, 0.25) is 5.91 Å². The summed E-state index contributed by atoms with van der Waals surface area (Å²) in [6.07, 6.45) is 2.76. The molecular formula is C12H21NO4. The number of nitrogens with one attached hydrogen (secondary N) is 1. The first-order chi connectivity index (χ1) is 7.92. The Morgan fingerprint density at radius 2 is 2.18 bits per heavy atom. The van der Waals surface area contributed by atoms with E-state index in [1.54, 1.807) is 13.8 Å². The number of carboxylic acid groups (broad SMARTS) is 1. The summed E-state index contributed by atoms with van der Waals surface area (Å²) in [7, 11) is 0. The van der Waals surface area contributed by atoms with E-state index >= 15 is 0 Å². The van der Waals surface area contributed by atoms with Crippen molar-refractivity contribution in [3.05, 3.63) is 0 Å². The molecule has 0 aromatic carbocycles. The molecule has 0 aliphatic carbocycles. The number of ether oxygens (including phenoxy) is 1. The molecule has 0 spiro atoms. The molecular weight excluding hydrogens is 222 g/mol. The van der Waals surface area contributed by atoms with Crippen LogP contribution in [0, 0.1) is 5.41 Å². The highest BCUT2D eigenvalue weighted by molar-refractivity contribution is 5.78. The van der Waals surface area contributed by atoms with Crippen LogP contribution >= 0.6 is 0 Å². The van der Waals surface area contributed by atoms with Crippen molar-refractivity contribution < 1.29 is 19.4 Å². The Labute approximate surface area is 102 Å². The topological polar surface area (TPSA) is 75.6 Å². The van der Waals surface area contributed by atoms with Gasteiger partial charge in [-0.3, -0.25) is 9.59 Å². The van der Waals surface area contributed by atoms with Crippen molar-refractivity contribution in [2.45, 2.75) is 45.6 Å². The number of hydrogen-bond donors (Lipinski definition) is 2. The van der Waals surface area contributed by atoms with Crippen molar-refractivity contribution in [2.24, 2.45) is 5.41 Å². The quantitative estimate of drug-likeness (QED) is 0.734. The van der Waals surface area contributed by atoms with Gasteiger partial charge in [0, 0.05) is 19.6 Å². The van der Waals surface area contributed by atoms with Crippen LogP contribution < -0.4 is 5.32 Å². The van der Waals surface area contributed by atoms with Crippen molar-refractivity contribution in [3.8, 4) is 0 Å². The lowest BCUT2D eigenvalue weighted by molar-refractivity contribution is -0.147. The monoisotopic (exact) mass is 243 g/mol. The zero-order valence-electron chi connectivity index (χ0n) is 10.5. The maximum atomic E-state index is 11.5. The smallest absolute Gasteiger partial charge is 0.309 e. The molecule has 5 nitrogen and oxygen atoms in total. The van der Waals surface area contributed by atoms with Crippen LogP contribution in [0.2, 0.25) is 0 Å². The number of aliphatic carboxylic acids is 1. The van der Waals surface area contributed by atoms with Crippen LogP contribution in [0.25, 0.3) is 0 Å². The minimum atomic E-state index is -0.871. The van der Waals surface area contributed by atoms with E-state index in [0.717, 1.165) is 19.4 Å². The summed E-state index contributed by atoms with van der Waals surface area (Å²) in [6, 6.07) is 0. The van der Waals surface area contributed by atoms with E-state index in [1.807, 2.05) is 0 Å². The minimum absolute atomic E-state index is 0.102. The Bertz CT molecular complexity index is 282. The molecule has 0 bridgehead atoms. The standard InChI is InChI=1S/C12H21NO4/c1-12(2,11(15)16)6-5-10(14)13-8-9-4-3-7-17-9/h9H,3-8H2,1-2H3,(H,13,14)(H,15,16). The third kappa shape index (κ3) is 4.73. The van der Waals surface area contributed by atoms with Gasteiger partial charge in [0.25, 0.3) is 0 Å². The van der Waals surface area contributed by atoms with Gasteiger partial charge in [0.1, 0.15) is 0 Å². The molecule has 0 saturated carbocycles. The first-order valence-corrected chi connectivity index (χ1v) is 6.03. The minimum Gasteiger partial charge on any atom is -0.481 e.